The number of nitrogens with zero attached hydrogens (tertiary/aromatic N) is 4. The molecule has 6 heteroatoms. The lowest BCUT2D eigenvalue weighted by molar-refractivity contribution is 1.17. The summed E-state index contributed by atoms with van der Waals surface area (Å²) in [5.74, 6) is 0.648. The number of rotatable bonds is 5. The normalized spacial score (nSPS) is 11.8. The smallest absolute Gasteiger partial charge is 0.160 e. The average Bonchev–Trinajstić information content (AvgIpc) is 3.86. The maximum absolute atomic E-state index is 5.30. The number of hydrogen-bond acceptors (Lipinski definition) is 6. The molecule has 12 aromatic rings. The topological polar surface area (TPSA) is 51.6 Å². The minimum Gasteiger partial charge on any atom is -0.254 e. The van der Waals surface area contributed by atoms with Gasteiger partial charge in [0, 0.05) is 68.4 Å². The second kappa shape index (κ2) is 13.2. The Kier molecular flexibility index (Phi) is 7.55. The van der Waals surface area contributed by atoms with Gasteiger partial charge in [0.1, 0.15) is 0 Å². The van der Waals surface area contributed by atoms with Gasteiger partial charge in [0.2, 0.25) is 0 Å². The van der Waals surface area contributed by atoms with Crippen LogP contribution in [0.3, 0.4) is 0 Å². The molecule has 0 aliphatic rings. The van der Waals surface area contributed by atoms with Crippen molar-refractivity contribution in [1.29, 1.82) is 0 Å². The van der Waals surface area contributed by atoms with Crippen molar-refractivity contribution >= 4 is 84.8 Å². The van der Waals surface area contributed by atoms with Crippen LogP contribution < -0.4 is 0 Å². The molecule has 0 saturated heterocycles. The zero-order valence-electron chi connectivity index (χ0n) is 30.9. The summed E-state index contributed by atoms with van der Waals surface area (Å²) in [6.45, 7) is 0. The third-order valence-corrected chi connectivity index (χ3v) is 13.4. The standard InChI is InChI=1S/C52H30N4S2/c1-2-9-33(10-3-1)52-55-44(30-45(56-52)43-21-18-32-17-16-31-11-8-24-53-50(31)51(32)54-43)38-26-36(34-19-22-48-41(28-34)39-12-4-6-14-46(39)57-48)25-37(27-38)35-20-23-49-42(29-35)40-13-5-7-15-47(40)58-49/h1-30H. The van der Waals surface area contributed by atoms with Gasteiger partial charge in [0.15, 0.2) is 5.82 Å². The fraction of sp³-hybridized carbons (Fsp3) is 0. The first kappa shape index (κ1) is 33.1. The summed E-state index contributed by atoms with van der Waals surface area (Å²) in [4.78, 5) is 20.4. The molecule has 0 aliphatic carbocycles. The Morgan fingerprint density at radius 1 is 0.310 bits per heavy atom. The van der Waals surface area contributed by atoms with Crippen molar-refractivity contribution < 1.29 is 0 Å². The molecule has 0 saturated carbocycles. The summed E-state index contributed by atoms with van der Waals surface area (Å²) in [5.41, 5.74) is 10.6. The summed E-state index contributed by atoms with van der Waals surface area (Å²) in [7, 11) is 0. The van der Waals surface area contributed by atoms with Gasteiger partial charge in [0.05, 0.1) is 28.1 Å². The number of hydrogen-bond donors (Lipinski definition) is 0. The van der Waals surface area contributed by atoms with Crippen LogP contribution >= 0.6 is 22.7 Å². The van der Waals surface area contributed by atoms with E-state index in [0.29, 0.717) is 5.82 Å². The monoisotopic (exact) mass is 774 g/mol. The lowest BCUT2D eigenvalue weighted by Crippen LogP contribution is -1.98. The van der Waals surface area contributed by atoms with Crippen molar-refractivity contribution in [2.45, 2.75) is 0 Å². The molecule has 0 atom stereocenters. The van der Waals surface area contributed by atoms with E-state index in [-0.39, 0.29) is 0 Å². The molecule has 0 aliphatic heterocycles. The van der Waals surface area contributed by atoms with Gasteiger partial charge in [-0.25, -0.2) is 15.0 Å². The highest BCUT2D eigenvalue weighted by Gasteiger charge is 2.17. The molecule has 7 aromatic carbocycles. The van der Waals surface area contributed by atoms with Gasteiger partial charge >= 0.3 is 0 Å². The molecule has 58 heavy (non-hydrogen) atoms. The minimum absolute atomic E-state index is 0.648. The number of benzene rings is 7. The van der Waals surface area contributed by atoms with Gasteiger partial charge in [-0.05, 0) is 95.1 Å². The van der Waals surface area contributed by atoms with Crippen LogP contribution in [0.4, 0.5) is 0 Å². The molecule has 5 aromatic heterocycles. The van der Waals surface area contributed by atoms with Gasteiger partial charge in [-0.1, -0.05) is 103 Å². The zero-order chi connectivity index (χ0) is 38.2. The molecule has 4 nitrogen and oxygen atoms in total. The molecular formula is C52H30N4S2. The van der Waals surface area contributed by atoms with E-state index in [0.717, 1.165) is 72.3 Å². The summed E-state index contributed by atoms with van der Waals surface area (Å²) < 4.78 is 5.17. The molecule has 0 bridgehead atoms. The maximum Gasteiger partial charge on any atom is 0.160 e. The van der Waals surface area contributed by atoms with Crippen LogP contribution in [0.2, 0.25) is 0 Å². The van der Waals surface area contributed by atoms with E-state index in [1.54, 1.807) is 0 Å². The first-order chi connectivity index (χ1) is 28.7. The summed E-state index contributed by atoms with van der Waals surface area (Å²) in [5, 5.41) is 7.21. The first-order valence-electron chi connectivity index (χ1n) is 19.3. The Balaban J connectivity index is 1.09. The first-order valence-corrected chi connectivity index (χ1v) is 20.9. The van der Waals surface area contributed by atoms with Gasteiger partial charge in [-0.15, -0.1) is 22.7 Å². The Morgan fingerprint density at radius 2 is 0.879 bits per heavy atom. The SMILES string of the molecule is c1ccc(-c2nc(-c3cc(-c4ccc5sc6ccccc6c5c4)cc(-c4ccc5sc6ccccc6c5c4)c3)cc(-c3ccc4ccc5cccnc5c4n3)n2)cc1. The summed E-state index contributed by atoms with van der Waals surface area (Å²) in [6, 6.07) is 62.8. The van der Waals surface area contributed by atoms with Crippen molar-refractivity contribution in [3.05, 3.63) is 182 Å². The molecule has 0 spiro atoms. The highest BCUT2D eigenvalue weighted by Crippen LogP contribution is 2.41. The summed E-state index contributed by atoms with van der Waals surface area (Å²) in [6.07, 6.45) is 1.83. The Hall–Kier alpha value is -7.12. The average molecular weight is 775 g/mol. The van der Waals surface area contributed by atoms with Crippen LogP contribution in [0, 0.1) is 0 Å². The van der Waals surface area contributed by atoms with E-state index in [1.807, 2.05) is 53.1 Å². The van der Waals surface area contributed by atoms with Crippen molar-refractivity contribution in [2.75, 3.05) is 0 Å². The lowest BCUT2D eigenvalue weighted by atomic mass is 9.93. The van der Waals surface area contributed by atoms with E-state index in [1.165, 1.54) is 40.3 Å². The summed E-state index contributed by atoms with van der Waals surface area (Å²) >= 11 is 3.69. The predicted molar refractivity (Wildman–Crippen MR) is 246 cm³/mol. The molecule has 12 rings (SSSR count). The molecular weight excluding hydrogens is 745 g/mol. The van der Waals surface area contributed by atoms with E-state index < -0.39 is 0 Å². The molecule has 0 unspecified atom stereocenters. The van der Waals surface area contributed by atoms with Crippen LogP contribution in [-0.4, -0.2) is 19.9 Å². The predicted octanol–water partition coefficient (Wildman–Crippen LogP) is 14.6. The third-order valence-electron chi connectivity index (χ3n) is 11.1. The molecule has 0 fully saturated rings. The number of pyridine rings is 2. The highest BCUT2D eigenvalue weighted by atomic mass is 32.1. The minimum atomic E-state index is 0.648. The van der Waals surface area contributed by atoms with Crippen LogP contribution in [0.25, 0.3) is 118 Å². The van der Waals surface area contributed by atoms with E-state index in [4.69, 9.17) is 19.9 Å². The molecule has 0 amide bonds. The fourth-order valence-electron chi connectivity index (χ4n) is 8.23. The molecule has 0 N–H and O–H groups in total. The van der Waals surface area contributed by atoms with Crippen LogP contribution in [0.15, 0.2) is 182 Å². The van der Waals surface area contributed by atoms with Gasteiger partial charge in [0.25, 0.3) is 0 Å². The molecule has 5 heterocycles. The number of thiophene rings is 2. The van der Waals surface area contributed by atoms with Gasteiger partial charge in [-0.3, -0.25) is 4.98 Å². The third kappa shape index (κ3) is 5.57. The van der Waals surface area contributed by atoms with Crippen LogP contribution in [0.5, 0.6) is 0 Å². The number of fused-ring (bicyclic) bond motifs is 9. The van der Waals surface area contributed by atoms with E-state index in [2.05, 4.69) is 152 Å². The van der Waals surface area contributed by atoms with Crippen LogP contribution in [0.1, 0.15) is 0 Å². The Morgan fingerprint density at radius 3 is 1.57 bits per heavy atom. The zero-order valence-corrected chi connectivity index (χ0v) is 32.6. The number of aromatic nitrogens is 4. The van der Waals surface area contributed by atoms with Crippen molar-refractivity contribution in [2.24, 2.45) is 0 Å². The lowest BCUT2D eigenvalue weighted by Gasteiger charge is -2.14. The molecule has 270 valence electrons. The Labute approximate surface area is 341 Å². The Bertz CT molecular complexity index is 3450. The van der Waals surface area contributed by atoms with Crippen molar-refractivity contribution in [1.82, 2.24) is 19.9 Å². The van der Waals surface area contributed by atoms with Gasteiger partial charge in [-0.2, -0.15) is 0 Å². The van der Waals surface area contributed by atoms with Crippen molar-refractivity contribution in [3.63, 3.8) is 0 Å². The molecule has 0 radical (unpaired) electrons. The van der Waals surface area contributed by atoms with Gasteiger partial charge < -0.3 is 0 Å². The quantitative estimate of drug-likeness (QED) is 0.163. The fourth-order valence-corrected chi connectivity index (χ4v) is 10.4. The largest absolute Gasteiger partial charge is 0.254 e. The van der Waals surface area contributed by atoms with Crippen molar-refractivity contribution in [3.8, 4) is 56.3 Å². The van der Waals surface area contributed by atoms with E-state index in [9.17, 15) is 0 Å². The maximum atomic E-state index is 5.30. The highest BCUT2D eigenvalue weighted by molar-refractivity contribution is 7.26. The second-order valence-electron chi connectivity index (χ2n) is 14.7. The van der Waals surface area contributed by atoms with E-state index >= 15 is 0 Å². The second-order valence-corrected chi connectivity index (χ2v) is 16.8. The van der Waals surface area contributed by atoms with Crippen LogP contribution in [-0.2, 0) is 0 Å².